The maximum Gasteiger partial charge on any atom is 0.290 e. The van der Waals surface area contributed by atoms with Crippen LogP contribution in [0.1, 0.15) is 5.56 Å². The zero-order valence-electron chi connectivity index (χ0n) is 13.6. The lowest BCUT2D eigenvalue weighted by Gasteiger charge is -2.10. The van der Waals surface area contributed by atoms with E-state index in [1.807, 2.05) is 0 Å². The molecule has 1 aliphatic rings. The predicted octanol–water partition coefficient (Wildman–Crippen LogP) is 4.33. The van der Waals surface area contributed by atoms with Crippen molar-refractivity contribution in [2.24, 2.45) is 0 Å². The summed E-state index contributed by atoms with van der Waals surface area (Å²) in [7, 11) is 0. The molecule has 0 bridgehead atoms. The van der Waals surface area contributed by atoms with Crippen LogP contribution in [-0.2, 0) is 9.59 Å². The molecule has 0 aromatic heterocycles. The largest absolute Gasteiger partial charge is 0.482 e. The van der Waals surface area contributed by atoms with Crippen molar-refractivity contribution in [1.82, 2.24) is 5.32 Å². The summed E-state index contributed by atoms with van der Waals surface area (Å²) in [5.74, 6) is -0.520. The Morgan fingerprint density at radius 3 is 2.59 bits per heavy atom. The van der Waals surface area contributed by atoms with Gasteiger partial charge in [0.05, 0.1) is 20.6 Å². The van der Waals surface area contributed by atoms with Crippen molar-refractivity contribution in [3.8, 4) is 5.75 Å². The molecule has 0 saturated carbocycles. The third-order valence-electron chi connectivity index (χ3n) is 3.40. The Kier molecular flexibility index (Phi) is 6.05. The van der Waals surface area contributed by atoms with E-state index in [4.69, 9.17) is 27.9 Å². The monoisotopic (exact) mass is 422 g/mol. The molecule has 0 unspecified atom stereocenters. The molecular weight excluding hydrogens is 411 g/mol. The topological polar surface area (TPSA) is 84.5 Å². The summed E-state index contributed by atoms with van der Waals surface area (Å²) >= 11 is 13.0. The van der Waals surface area contributed by atoms with Gasteiger partial charge in [-0.15, -0.1) is 0 Å². The van der Waals surface area contributed by atoms with Gasteiger partial charge < -0.3 is 10.1 Å². The summed E-state index contributed by atoms with van der Waals surface area (Å²) in [6.07, 6.45) is 1.55. The van der Waals surface area contributed by atoms with Gasteiger partial charge in [0.25, 0.3) is 17.1 Å². The number of thioether (sulfide) groups is 1. The van der Waals surface area contributed by atoms with Gasteiger partial charge in [0.15, 0.2) is 6.61 Å². The summed E-state index contributed by atoms with van der Waals surface area (Å²) in [6, 6.07) is 11.7. The molecule has 0 spiro atoms. The minimum atomic E-state index is -0.447. The highest BCUT2D eigenvalue weighted by molar-refractivity contribution is 8.18. The molecule has 27 heavy (non-hydrogen) atoms. The average Bonchev–Trinajstić information content (AvgIpc) is 2.93. The lowest BCUT2D eigenvalue weighted by molar-refractivity contribution is -0.118. The second kappa shape index (κ2) is 8.47. The molecule has 1 heterocycles. The Labute approximate surface area is 168 Å². The number of carbonyl (C=O) groups is 3. The van der Waals surface area contributed by atoms with E-state index >= 15 is 0 Å². The number of anilines is 1. The second-order valence-electron chi connectivity index (χ2n) is 5.36. The Balaban J connectivity index is 1.62. The molecule has 138 valence electrons. The van der Waals surface area contributed by atoms with Crippen LogP contribution in [0.25, 0.3) is 6.08 Å². The number of rotatable bonds is 5. The van der Waals surface area contributed by atoms with Crippen molar-refractivity contribution in [2.45, 2.75) is 0 Å². The van der Waals surface area contributed by atoms with Crippen LogP contribution in [0.15, 0.2) is 47.4 Å². The van der Waals surface area contributed by atoms with Crippen LogP contribution in [0.2, 0.25) is 10.0 Å². The van der Waals surface area contributed by atoms with Crippen LogP contribution in [0, 0.1) is 0 Å². The van der Waals surface area contributed by atoms with Crippen molar-refractivity contribution >= 4 is 63.8 Å². The van der Waals surface area contributed by atoms with Gasteiger partial charge in [0.1, 0.15) is 5.75 Å². The number of ether oxygens (including phenoxy) is 1. The number of hydrogen-bond donors (Lipinski definition) is 2. The van der Waals surface area contributed by atoms with E-state index in [0.29, 0.717) is 22.0 Å². The van der Waals surface area contributed by atoms with Crippen LogP contribution in [0.4, 0.5) is 10.5 Å². The van der Waals surface area contributed by atoms with Gasteiger partial charge >= 0.3 is 0 Å². The van der Waals surface area contributed by atoms with Gasteiger partial charge in [-0.1, -0.05) is 41.4 Å². The number of amides is 3. The van der Waals surface area contributed by atoms with Crippen molar-refractivity contribution in [3.63, 3.8) is 0 Å². The summed E-state index contributed by atoms with van der Waals surface area (Å²) in [5.41, 5.74) is 1.11. The molecule has 0 aliphatic carbocycles. The Hall–Kier alpha value is -2.48. The Morgan fingerprint density at radius 2 is 1.93 bits per heavy atom. The molecule has 9 heteroatoms. The van der Waals surface area contributed by atoms with E-state index in [2.05, 4.69) is 10.6 Å². The first-order valence-corrected chi connectivity index (χ1v) is 9.21. The smallest absolute Gasteiger partial charge is 0.290 e. The van der Waals surface area contributed by atoms with Crippen LogP contribution in [-0.4, -0.2) is 23.7 Å². The van der Waals surface area contributed by atoms with E-state index in [1.165, 1.54) is 0 Å². The van der Waals surface area contributed by atoms with Gasteiger partial charge in [-0.3, -0.25) is 19.7 Å². The molecule has 6 nitrogen and oxygen atoms in total. The SMILES string of the molecule is O=C(COc1ccc(/C=C2\SC(=O)NC2=O)cc1Cl)Nc1ccccc1Cl. The number of halogens is 2. The molecule has 1 saturated heterocycles. The van der Waals surface area contributed by atoms with E-state index in [9.17, 15) is 14.4 Å². The van der Waals surface area contributed by atoms with E-state index in [-0.39, 0.29) is 22.4 Å². The van der Waals surface area contributed by atoms with Crippen molar-refractivity contribution in [1.29, 1.82) is 0 Å². The minimum Gasteiger partial charge on any atom is -0.482 e. The molecule has 2 aromatic rings. The molecule has 3 rings (SSSR count). The van der Waals surface area contributed by atoms with Crippen LogP contribution in [0.3, 0.4) is 0 Å². The van der Waals surface area contributed by atoms with Crippen LogP contribution < -0.4 is 15.4 Å². The highest BCUT2D eigenvalue weighted by atomic mass is 35.5. The van der Waals surface area contributed by atoms with Gasteiger partial charge in [0, 0.05) is 0 Å². The number of benzene rings is 2. The van der Waals surface area contributed by atoms with E-state index < -0.39 is 11.1 Å². The molecule has 2 N–H and O–H groups in total. The Morgan fingerprint density at radius 1 is 1.15 bits per heavy atom. The summed E-state index contributed by atoms with van der Waals surface area (Å²) < 4.78 is 5.43. The Bertz CT molecular complexity index is 962. The highest BCUT2D eigenvalue weighted by Crippen LogP contribution is 2.30. The molecule has 0 radical (unpaired) electrons. The fraction of sp³-hybridized carbons (Fsp3) is 0.0556. The third-order valence-corrected chi connectivity index (χ3v) is 4.84. The quantitative estimate of drug-likeness (QED) is 0.700. The maximum absolute atomic E-state index is 12.0. The lowest BCUT2D eigenvalue weighted by atomic mass is 10.2. The first-order chi connectivity index (χ1) is 12.9. The van der Waals surface area contributed by atoms with Crippen molar-refractivity contribution in [2.75, 3.05) is 11.9 Å². The standard InChI is InChI=1S/C18H12Cl2N2O4S/c19-11-3-1-2-4-13(11)21-16(23)9-26-14-6-5-10(7-12(14)20)8-15-17(24)22-18(25)27-15/h1-8H,9H2,(H,21,23)(H,22,24,25)/b15-8-. The number of carbonyl (C=O) groups excluding carboxylic acids is 3. The molecule has 1 aliphatic heterocycles. The number of para-hydroxylation sites is 1. The summed E-state index contributed by atoms with van der Waals surface area (Å²) in [5, 5.41) is 5.09. The molecule has 2 aromatic carbocycles. The zero-order chi connectivity index (χ0) is 19.4. The zero-order valence-corrected chi connectivity index (χ0v) is 16.0. The number of hydrogen-bond acceptors (Lipinski definition) is 5. The molecular formula is C18H12Cl2N2O4S. The predicted molar refractivity (Wildman–Crippen MR) is 106 cm³/mol. The third kappa shape index (κ3) is 5.03. The van der Waals surface area contributed by atoms with Gasteiger partial charge in [-0.05, 0) is 47.7 Å². The van der Waals surface area contributed by atoms with Gasteiger partial charge in [-0.2, -0.15) is 0 Å². The van der Waals surface area contributed by atoms with Gasteiger partial charge in [0.2, 0.25) is 0 Å². The van der Waals surface area contributed by atoms with E-state index in [0.717, 1.165) is 11.8 Å². The van der Waals surface area contributed by atoms with Crippen LogP contribution >= 0.6 is 35.0 Å². The fourth-order valence-electron chi connectivity index (χ4n) is 2.19. The number of nitrogens with one attached hydrogen (secondary N) is 2. The van der Waals surface area contributed by atoms with E-state index in [1.54, 1.807) is 48.5 Å². The first kappa shape index (κ1) is 19.3. The summed E-state index contributed by atoms with van der Waals surface area (Å²) in [6.45, 7) is -0.252. The molecule has 1 fully saturated rings. The van der Waals surface area contributed by atoms with Crippen LogP contribution in [0.5, 0.6) is 5.75 Å². The average molecular weight is 423 g/mol. The first-order valence-electron chi connectivity index (χ1n) is 7.64. The fourth-order valence-corrected chi connectivity index (χ4v) is 3.30. The second-order valence-corrected chi connectivity index (χ2v) is 7.19. The van der Waals surface area contributed by atoms with Crippen molar-refractivity contribution < 1.29 is 19.1 Å². The lowest BCUT2D eigenvalue weighted by Crippen LogP contribution is -2.20. The summed E-state index contributed by atoms with van der Waals surface area (Å²) in [4.78, 5) is 35.0. The van der Waals surface area contributed by atoms with Crippen molar-refractivity contribution in [3.05, 3.63) is 63.0 Å². The number of imide groups is 1. The minimum absolute atomic E-state index is 0.252. The molecule has 3 amide bonds. The molecule has 0 atom stereocenters. The van der Waals surface area contributed by atoms with Gasteiger partial charge in [-0.25, -0.2) is 0 Å². The normalized spacial score (nSPS) is 15.0. The highest BCUT2D eigenvalue weighted by Gasteiger charge is 2.25. The maximum atomic E-state index is 12.0.